The second-order valence-corrected chi connectivity index (χ2v) is 8.15. The van der Waals surface area contributed by atoms with E-state index in [4.69, 9.17) is 16.7 Å². The summed E-state index contributed by atoms with van der Waals surface area (Å²) in [6, 6.07) is 3.56. The number of fused-ring (bicyclic) bond motifs is 1. The number of aromatic nitrogens is 2. The second kappa shape index (κ2) is 6.78. The Hall–Kier alpha value is -1.90. The predicted molar refractivity (Wildman–Crippen MR) is 92.3 cm³/mol. The van der Waals surface area contributed by atoms with Crippen molar-refractivity contribution in [1.82, 2.24) is 14.5 Å². The number of sulfonamides is 1. The molecule has 0 saturated carbocycles. The van der Waals surface area contributed by atoms with Gasteiger partial charge in [-0.2, -0.15) is 5.10 Å². The molecule has 9 heteroatoms. The van der Waals surface area contributed by atoms with E-state index in [0.717, 1.165) is 48.7 Å². The molecule has 0 amide bonds. The van der Waals surface area contributed by atoms with Gasteiger partial charge < -0.3 is 5.11 Å². The molecule has 0 spiro atoms. The van der Waals surface area contributed by atoms with E-state index < -0.39 is 16.0 Å². The minimum atomic E-state index is -3.81. The molecule has 0 atom stereocenters. The lowest BCUT2D eigenvalue weighted by Gasteiger charge is -2.12. The van der Waals surface area contributed by atoms with Crippen molar-refractivity contribution in [2.24, 2.45) is 7.05 Å². The van der Waals surface area contributed by atoms with Gasteiger partial charge in [-0.1, -0.05) is 11.6 Å². The zero-order valence-electron chi connectivity index (χ0n) is 13.6. The summed E-state index contributed by atoms with van der Waals surface area (Å²) >= 11 is 5.86. The number of nitrogens with one attached hydrogen (secondary N) is 1. The Kier molecular flexibility index (Phi) is 4.86. The quantitative estimate of drug-likeness (QED) is 0.823. The first kappa shape index (κ1) is 17.9. The zero-order valence-corrected chi connectivity index (χ0v) is 15.2. The zero-order chi connectivity index (χ0) is 18.2. The van der Waals surface area contributed by atoms with Crippen LogP contribution >= 0.6 is 11.6 Å². The number of nitrogens with zero attached hydrogens (tertiary/aromatic N) is 2. The molecule has 25 heavy (non-hydrogen) atoms. The van der Waals surface area contributed by atoms with Crippen molar-refractivity contribution in [1.29, 1.82) is 0 Å². The van der Waals surface area contributed by atoms with Crippen molar-refractivity contribution < 1.29 is 18.3 Å². The maximum Gasteiger partial charge on any atom is 0.337 e. The Bertz CT molecular complexity index is 937. The van der Waals surface area contributed by atoms with Gasteiger partial charge in [-0.15, -0.1) is 0 Å². The van der Waals surface area contributed by atoms with Crippen LogP contribution in [0.4, 0.5) is 0 Å². The third-order valence-electron chi connectivity index (χ3n) is 4.36. The van der Waals surface area contributed by atoms with Gasteiger partial charge in [-0.3, -0.25) is 4.68 Å². The smallest absolute Gasteiger partial charge is 0.337 e. The largest absolute Gasteiger partial charge is 0.478 e. The van der Waals surface area contributed by atoms with Crippen LogP contribution in [0.3, 0.4) is 0 Å². The van der Waals surface area contributed by atoms with Gasteiger partial charge in [0, 0.05) is 7.05 Å². The topological polar surface area (TPSA) is 101 Å². The average molecular weight is 384 g/mol. The summed E-state index contributed by atoms with van der Waals surface area (Å²) < 4.78 is 29.3. The van der Waals surface area contributed by atoms with Crippen LogP contribution in [0.2, 0.25) is 5.02 Å². The van der Waals surface area contributed by atoms with Crippen molar-refractivity contribution in [3.8, 4) is 0 Å². The van der Waals surface area contributed by atoms with Gasteiger partial charge in [0.25, 0.3) is 0 Å². The van der Waals surface area contributed by atoms with Gasteiger partial charge >= 0.3 is 5.97 Å². The van der Waals surface area contributed by atoms with Crippen molar-refractivity contribution in [2.45, 2.75) is 37.1 Å². The average Bonchev–Trinajstić information content (AvgIpc) is 2.87. The lowest BCUT2D eigenvalue weighted by atomic mass is 9.96. The van der Waals surface area contributed by atoms with E-state index in [1.165, 1.54) is 12.1 Å². The highest BCUT2D eigenvalue weighted by Crippen LogP contribution is 2.25. The summed E-state index contributed by atoms with van der Waals surface area (Å²) in [5.41, 5.74) is 2.88. The number of carboxylic acid groups (broad SMARTS) is 1. The number of aryl methyl sites for hydroxylation is 2. The van der Waals surface area contributed by atoms with E-state index >= 15 is 0 Å². The Labute approximate surface area is 150 Å². The molecule has 1 aliphatic rings. The van der Waals surface area contributed by atoms with Crippen molar-refractivity contribution in [3.63, 3.8) is 0 Å². The third-order valence-corrected chi connectivity index (χ3v) is 6.07. The highest BCUT2D eigenvalue weighted by atomic mass is 35.5. The Morgan fingerprint density at radius 3 is 2.76 bits per heavy atom. The van der Waals surface area contributed by atoms with E-state index in [-0.39, 0.29) is 22.0 Å². The summed E-state index contributed by atoms with van der Waals surface area (Å²) in [5, 5.41) is 13.3. The fraction of sp³-hybridized carbons (Fsp3) is 0.375. The first-order valence-electron chi connectivity index (χ1n) is 7.85. The number of halogens is 1. The Balaban J connectivity index is 1.82. The number of benzene rings is 1. The molecule has 1 aliphatic carbocycles. The first-order valence-corrected chi connectivity index (χ1v) is 9.72. The second-order valence-electron chi connectivity index (χ2n) is 5.97. The maximum atomic E-state index is 12.5. The van der Waals surface area contributed by atoms with E-state index in [1.807, 2.05) is 0 Å². The van der Waals surface area contributed by atoms with Crippen LogP contribution in [0.25, 0.3) is 0 Å². The minimum absolute atomic E-state index is 0.0708. The van der Waals surface area contributed by atoms with Crippen LogP contribution in [0.15, 0.2) is 23.1 Å². The molecular formula is C16H18ClN3O4S. The summed E-state index contributed by atoms with van der Waals surface area (Å²) in [5.74, 6) is -1.21. The van der Waals surface area contributed by atoms with E-state index in [1.54, 1.807) is 11.7 Å². The van der Waals surface area contributed by atoms with Gasteiger partial charge in [0.15, 0.2) is 0 Å². The molecule has 1 aromatic heterocycles. The summed E-state index contributed by atoms with van der Waals surface area (Å²) in [4.78, 5) is 10.9. The molecule has 1 aromatic carbocycles. The predicted octanol–water partition coefficient (Wildman–Crippen LogP) is 2.13. The maximum absolute atomic E-state index is 12.5. The molecule has 0 unspecified atom stereocenters. The highest BCUT2D eigenvalue weighted by molar-refractivity contribution is 7.89. The summed E-state index contributed by atoms with van der Waals surface area (Å²) in [7, 11) is -2.01. The van der Waals surface area contributed by atoms with Crippen LogP contribution in [0.1, 0.15) is 40.2 Å². The van der Waals surface area contributed by atoms with Gasteiger partial charge in [0.2, 0.25) is 10.0 Å². The molecular weight excluding hydrogens is 366 g/mol. The van der Waals surface area contributed by atoms with Crippen LogP contribution < -0.4 is 4.72 Å². The van der Waals surface area contributed by atoms with Crippen molar-refractivity contribution >= 4 is 27.6 Å². The number of carboxylic acids is 1. The number of aromatic carboxylic acids is 1. The Morgan fingerprint density at radius 2 is 2.08 bits per heavy atom. The normalized spacial score (nSPS) is 14.3. The lowest BCUT2D eigenvalue weighted by Crippen LogP contribution is -2.25. The number of hydrogen-bond donors (Lipinski definition) is 2. The van der Waals surface area contributed by atoms with Gasteiger partial charge in [0.1, 0.15) is 0 Å². The third kappa shape index (κ3) is 3.56. The SMILES string of the molecule is Cn1nc2c(c1CNS(=O)(=O)c1ccc(C(=O)O)c(Cl)c1)CCCC2. The van der Waals surface area contributed by atoms with Crippen LogP contribution in [-0.4, -0.2) is 29.3 Å². The fourth-order valence-electron chi connectivity index (χ4n) is 3.05. The van der Waals surface area contributed by atoms with Crippen LogP contribution in [0, 0.1) is 0 Å². The monoisotopic (exact) mass is 383 g/mol. The molecule has 134 valence electrons. The molecule has 0 aliphatic heterocycles. The van der Waals surface area contributed by atoms with E-state index in [9.17, 15) is 13.2 Å². The standard InChI is InChI=1S/C16H18ClN3O4S/c1-20-15(12-4-2-3-5-14(12)19-20)9-18-25(23,24)10-6-7-11(16(21)22)13(17)8-10/h6-8,18H,2-5,9H2,1H3,(H,21,22). The molecule has 3 rings (SSSR count). The van der Waals surface area contributed by atoms with Crippen molar-refractivity contribution in [2.75, 3.05) is 0 Å². The minimum Gasteiger partial charge on any atom is -0.478 e. The van der Waals surface area contributed by atoms with E-state index in [0.29, 0.717) is 0 Å². The number of hydrogen-bond acceptors (Lipinski definition) is 4. The van der Waals surface area contributed by atoms with Gasteiger partial charge in [-0.05, 0) is 49.4 Å². The van der Waals surface area contributed by atoms with Gasteiger partial charge in [-0.25, -0.2) is 17.9 Å². The van der Waals surface area contributed by atoms with Crippen molar-refractivity contribution in [3.05, 3.63) is 45.7 Å². The van der Waals surface area contributed by atoms with Gasteiger partial charge in [0.05, 0.1) is 33.4 Å². The number of rotatable bonds is 5. The molecule has 2 aromatic rings. The summed E-state index contributed by atoms with van der Waals surface area (Å²) in [6.07, 6.45) is 4.00. The fourth-order valence-corrected chi connectivity index (χ4v) is 4.39. The van der Waals surface area contributed by atoms with Crippen LogP contribution in [-0.2, 0) is 36.5 Å². The summed E-state index contributed by atoms with van der Waals surface area (Å²) in [6.45, 7) is 0.124. The molecule has 2 N–H and O–H groups in total. The number of carbonyl (C=O) groups is 1. The first-order chi connectivity index (χ1) is 11.8. The Morgan fingerprint density at radius 1 is 1.36 bits per heavy atom. The lowest BCUT2D eigenvalue weighted by molar-refractivity contribution is 0.0697. The molecule has 0 saturated heterocycles. The molecule has 7 nitrogen and oxygen atoms in total. The highest BCUT2D eigenvalue weighted by Gasteiger charge is 2.22. The molecule has 0 bridgehead atoms. The molecule has 0 fully saturated rings. The van der Waals surface area contributed by atoms with E-state index in [2.05, 4.69) is 9.82 Å². The molecule has 1 heterocycles. The van der Waals surface area contributed by atoms with Crippen LogP contribution in [0.5, 0.6) is 0 Å². The molecule has 0 radical (unpaired) electrons.